The number of aryl methyl sites for hydroxylation is 1. The number of nitrogens with one attached hydrogen (secondary N) is 1. The van der Waals surface area contributed by atoms with Crippen LogP contribution in [0.5, 0.6) is 0 Å². The average Bonchev–Trinajstić information content (AvgIpc) is 3.20. The molecule has 6 nitrogen and oxygen atoms in total. The van der Waals surface area contributed by atoms with Crippen LogP contribution in [0.4, 0.5) is 13.2 Å². The van der Waals surface area contributed by atoms with E-state index in [9.17, 15) is 26.4 Å². The maximum Gasteiger partial charge on any atom is 0.501 e. The van der Waals surface area contributed by atoms with Crippen molar-refractivity contribution in [3.8, 4) is 11.3 Å². The number of thiazole rings is 1. The Bertz CT molecular complexity index is 1110. The molecule has 30 heavy (non-hydrogen) atoms. The van der Waals surface area contributed by atoms with Crippen molar-refractivity contribution in [1.82, 2.24) is 15.3 Å². The van der Waals surface area contributed by atoms with Crippen LogP contribution >= 0.6 is 11.3 Å². The third-order valence-corrected chi connectivity index (χ3v) is 6.52. The maximum atomic E-state index is 12.5. The number of alkyl halides is 3. The highest BCUT2D eigenvalue weighted by molar-refractivity contribution is 7.92. The third-order valence-electron chi connectivity index (χ3n) is 4.11. The van der Waals surface area contributed by atoms with E-state index in [1.165, 1.54) is 11.3 Å². The largest absolute Gasteiger partial charge is 0.501 e. The molecule has 0 spiro atoms. The Kier molecular flexibility index (Phi) is 6.52. The number of carbonyl (C=O) groups is 1. The minimum atomic E-state index is -5.43. The van der Waals surface area contributed by atoms with E-state index in [0.29, 0.717) is 19.4 Å². The van der Waals surface area contributed by atoms with Gasteiger partial charge in [0.15, 0.2) is 0 Å². The van der Waals surface area contributed by atoms with Gasteiger partial charge in [0.25, 0.3) is 15.7 Å². The van der Waals surface area contributed by atoms with Gasteiger partial charge >= 0.3 is 5.51 Å². The van der Waals surface area contributed by atoms with Crippen LogP contribution in [-0.2, 0) is 16.3 Å². The van der Waals surface area contributed by atoms with Crippen LogP contribution < -0.4 is 5.32 Å². The average molecular weight is 455 g/mol. The Labute approximate surface area is 174 Å². The molecule has 2 aromatic heterocycles. The van der Waals surface area contributed by atoms with E-state index in [0.717, 1.165) is 40.5 Å². The molecule has 0 atom stereocenters. The lowest BCUT2D eigenvalue weighted by atomic mass is 10.2. The van der Waals surface area contributed by atoms with Gasteiger partial charge in [-0.25, -0.2) is 13.4 Å². The molecule has 11 heteroatoms. The summed E-state index contributed by atoms with van der Waals surface area (Å²) in [6.45, 7) is 0.339. The van der Waals surface area contributed by atoms with Gasteiger partial charge in [-0.1, -0.05) is 0 Å². The molecule has 0 saturated carbocycles. The summed E-state index contributed by atoms with van der Waals surface area (Å²) in [6, 6.07) is 7.38. The summed E-state index contributed by atoms with van der Waals surface area (Å²) >= 11 is 1.51. The molecule has 158 valence electrons. The van der Waals surface area contributed by atoms with Crippen molar-refractivity contribution in [2.75, 3.05) is 6.54 Å². The van der Waals surface area contributed by atoms with E-state index >= 15 is 0 Å². The zero-order valence-electron chi connectivity index (χ0n) is 15.4. The lowest BCUT2D eigenvalue weighted by Gasteiger charge is -2.09. The highest BCUT2D eigenvalue weighted by Crippen LogP contribution is 2.30. The molecule has 3 aromatic rings. The van der Waals surface area contributed by atoms with Gasteiger partial charge in [-0.05, 0) is 42.8 Å². The lowest BCUT2D eigenvalue weighted by Crippen LogP contribution is -2.25. The van der Waals surface area contributed by atoms with Gasteiger partial charge in [-0.15, -0.1) is 11.3 Å². The quantitative estimate of drug-likeness (QED) is 0.547. The fourth-order valence-corrected chi connectivity index (χ4v) is 4.16. The predicted octanol–water partition coefficient (Wildman–Crippen LogP) is 3.86. The molecule has 3 rings (SSSR count). The van der Waals surface area contributed by atoms with E-state index in [-0.39, 0.29) is 5.56 Å². The van der Waals surface area contributed by atoms with Gasteiger partial charge in [0.2, 0.25) is 0 Å². The molecule has 1 N–H and O–H groups in total. The molecular weight excluding hydrogens is 439 g/mol. The van der Waals surface area contributed by atoms with Crippen molar-refractivity contribution in [3.63, 3.8) is 0 Å². The second-order valence-corrected chi connectivity index (χ2v) is 9.08. The second kappa shape index (κ2) is 8.92. The van der Waals surface area contributed by atoms with Gasteiger partial charge < -0.3 is 5.32 Å². The van der Waals surface area contributed by atoms with Crippen LogP contribution in [0, 0.1) is 0 Å². The van der Waals surface area contributed by atoms with Crippen LogP contribution in [0.3, 0.4) is 0 Å². The zero-order valence-corrected chi connectivity index (χ0v) is 17.0. The summed E-state index contributed by atoms with van der Waals surface area (Å²) in [6.07, 6.45) is 4.65. The fourth-order valence-electron chi connectivity index (χ4n) is 2.54. The number of carbonyl (C=O) groups excluding carboxylic acids is 1. The van der Waals surface area contributed by atoms with Gasteiger partial charge in [0, 0.05) is 41.9 Å². The molecule has 0 radical (unpaired) electrons. The highest BCUT2D eigenvalue weighted by Gasteiger charge is 2.46. The number of pyridine rings is 1. The molecule has 0 bridgehead atoms. The normalized spacial score (nSPS) is 12.0. The number of benzene rings is 1. The van der Waals surface area contributed by atoms with Crippen molar-refractivity contribution in [1.29, 1.82) is 0 Å². The summed E-state index contributed by atoms with van der Waals surface area (Å²) in [5.41, 5.74) is -3.48. The van der Waals surface area contributed by atoms with Crippen LogP contribution in [0.15, 0.2) is 59.1 Å². The summed E-state index contributed by atoms with van der Waals surface area (Å²) < 4.78 is 60.3. The molecule has 0 aliphatic heterocycles. The standard InChI is InChI=1S/C19H16F3N3O3S2/c20-19(21,22)30(27,28)15-5-3-14(4-6-15)18(26)24-9-1-2-17-25-16(12-29-17)13-7-10-23-11-8-13/h3-8,10-12H,1-2,9H2,(H,24,26). The number of aromatic nitrogens is 2. The van der Waals surface area contributed by atoms with E-state index < -0.39 is 26.1 Å². The number of amides is 1. The van der Waals surface area contributed by atoms with Crippen molar-refractivity contribution in [2.24, 2.45) is 0 Å². The number of sulfone groups is 1. The number of halogens is 3. The van der Waals surface area contributed by atoms with Crippen LogP contribution in [0.25, 0.3) is 11.3 Å². The Morgan fingerprint density at radius 2 is 1.73 bits per heavy atom. The molecule has 1 amide bonds. The molecule has 0 saturated heterocycles. The van der Waals surface area contributed by atoms with Gasteiger partial charge in [0.05, 0.1) is 15.6 Å². The van der Waals surface area contributed by atoms with Crippen molar-refractivity contribution >= 4 is 27.1 Å². The minimum absolute atomic E-state index is 0.0744. The molecule has 0 aliphatic carbocycles. The fraction of sp³-hybridized carbons (Fsp3) is 0.211. The first-order valence-corrected chi connectivity index (χ1v) is 11.1. The zero-order chi connectivity index (χ0) is 21.8. The topological polar surface area (TPSA) is 89.0 Å². The summed E-state index contributed by atoms with van der Waals surface area (Å²) in [7, 11) is -5.43. The maximum absolute atomic E-state index is 12.5. The monoisotopic (exact) mass is 455 g/mol. The van der Waals surface area contributed by atoms with E-state index in [1.807, 2.05) is 17.5 Å². The van der Waals surface area contributed by atoms with Gasteiger partial charge in [0.1, 0.15) is 0 Å². The summed E-state index contributed by atoms with van der Waals surface area (Å²) in [5, 5.41) is 5.51. The van der Waals surface area contributed by atoms with Crippen molar-refractivity contribution in [3.05, 3.63) is 64.7 Å². The second-order valence-electron chi connectivity index (χ2n) is 6.20. The van der Waals surface area contributed by atoms with E-state index in [1.54, 1.807) is 12.4 Å². The third kappa shape index (κ3) is 5.03. The van der Waals surface area contributed by atoms with Crippen molar-refractivity contribution < 1.29 is 26.4 Å². The Balaban J connectivity index is 1.50. The SMILES string of the molecule is O=C(NCCCc1nc(-c2ccncc2)cs1)c1ccc(S(=O)(=O)C(F)(F)F)cc1. The molecule has 0 unspecified atom stereocenters. The molecule has 0 aliphatic rings. The smallest absolute Gasteiger partial charge is 0.352 e. The number of nitrogens with zero attached hydrogens (tertiary/aromatic N) is 2. The predicted molar refractivity (Wildman–Crippen MR) is 106 cm³/mol. The van der Waals surface area contributed by atoms with E-state index in [4.69, 9.17) is 0 Å². The van der Waals surface area contributed by atoms with Crippen LogP contribution in [0.1, 0.15) is 21.8 Å². The molecule has 2 heterocycles. The summed E-state index contributed by atoms with van der Waals surface area (Å²) in [5.74, 6) is -0.498. The van der Waals surface area contributed by atoms with Crippen LogP contribution in [0.2, 0.25) is 0 Å². The summed E-state index contributed by atoms with van der Waals surface area (Å²) in [4.78, 5) is 19.7. The Morgan fingerprint density at radius 3 is 2.37 bits per heavy atom. The molecule has 1 aromatic carbocycles. The Morgan fingerprint density at radius 1 is 1.07 bits per heavy atom. The Hall–Kier alpha value is -2.79. The first-order chi connectivity index (χ1) is 14.2. The van der Waals surface area contributed by atoms with Crippen molar-refractivity contribution in [2.45, 2.75) is 23.2 Å². The molecule has 0 fully saturated rings. The minimum Gasteiger partial charge on any atom is -0.352 e. The highest BCUT2D eigenvalue weighted by atomic mass is 32.2. The first-order valence-electron chi connectivity index (χ1n) is 8.73. The van der Waals surface area contributed by atoms with Gasteiger partial charge in [-0.3, -0.25) is 9.78 Å². The van der Waals surface area contributed by atoms with E-state index in [2.05, 4.69) is 15.3 Å². The number of hydrogen-bond acceptors (Lipinski definition) is 6. The molecular formula is C19H16F3N3O3S2. The lowest BCUT2D eigenvalue weighted by molar-refractivity contribution is -0.0436. The number of hydrogen-bond donors (Lipinski definition) is 1. The van der Waals surface area contributed by atoms with Crippen LogP contribution in [-0.4, -0.2) is 36.3 Å². The number of rotatable bonds is 7. The van der Waals surface area contributed by atoms with Gasteiger partial charge in [-0.2, -0.15) is 13.2 Å². The first kappa shape index (κ1) is 21.9.